The molecule has 24 heavy (non-hydrogen) atoms. The van der Waals surface area contributed by atoms with E-state index < -0.39 is 12.1 Å². The summed E-state index contributed by atoms with van der Waals surface area (Å²) in [5.74, 6) is -0.483. The SMILES string of the molecule is NC(=NCCC(=O)N1CCCC1)Nc1ccccc1OC(F)(F)F. The summed E-state index contributed by atoms with van der Waals surface area (Å²) in [6.45, 7) is 1.69. The van der Waals surface area contributed by atoms with Crippen LogP contribution in [-0.2, 0) is 4.79 Å². The Morgan fingerprint density at radius 1 is 1.29 bits per heavy atom. The molecule has 1 fully saturated rings. The van der Waals surface area contributed by atoms with E-state index in [1.54, 1.807) is 4.90 Å². The van der Waals surface area contributed by atoms with E-state index in [9.17, 15) is 18.0 Å². The molecular weight excluding hydrogens is 325 g/mol. The Labute approximate surface area is 137 Å². The number of carbonyl (C=O) groups is 1. The third kappa shape index (κ3) is 5.64. The van der Waals surface area contributed by atoms with E-state index in [1.807, 2.05) is 0 Å². The van der Waals surface area contributed by atoms with Crippen LogP contribution in [0.2, 0.25) is 0 Å². The summed E-state index contributed by atoms with van der Waals surface area (Å²) in [7, 11) is 0. The standard InChI is InChI=1S/C15H19F3N4O2/c16-15(17,18)24-12-6-2-1-5-11(12)21-14(19)20-8-7-13(23)22-9-3-4-10-22/h1-2,5-6H,3-4,7-10H2,(H3,19,20,21). The molecule has 1 aliphatic rings. The van der Waals surface area contributed by atoms with Gasteiger partial charge in [-0.25, -0.2) is 0 Å². The number of ether oxygens (including phenoxy) is 1. The zero-order valence-electron chi connectivity index (χ0n) is 13.0. The second kappa shape index (κ2) is 7.89. The number of hydrogen-bond donors (Lipinski definition) is 2. The number of hydrogen-bond acceptors (Lipinski definition) is 3. The fourth-order valence-corrected chi connectivity index (χ4v) is 2.36. The van der Waals surface area contributed by atoms with Gasteiger partial charge in [0.05, 0.1) is 12.2 Å². The Kier molecular flexibility index (Phi) is 5.88. The Hall–Kier alpha value is -2.45. The molecule has 0 bridgehead atoms. The van der Waals surface area contributed by atoms with E-state index in [1.165, 1.54) is 24.3 Å². The molecular formula is C15H19F3N4O2. The Bertz CT molecular complexity index is 599. The number of para-hydroxylation sites is 2. The minimum atomic E-state index is -4.80. The zero-order chi connectivity index (χ0) is 17.6. The van der Waals surface area contributed by atoms with Crippen molar-refractivity contribution in [3.63, 3.8) is 0 Å². The van der Waals surface area contributed by atoms with Crippen molar-refractivity contribution in [1.29, 1.82) is 0 Å². The number of anilines is 1. The van der Waals surface area contributed by atoms with Gasteiger partial charge in [0.15, 0.2) is 11.7 Å². The molecule has 0 spiro atoms. The second-order valence-electron chi connectivity index (χ2n) is 5.27. The summed E-state index contributed by atoms with van der Waals surface area (Å²) in [5, 5.41) is 2.55. The van der Waals surface area contributed by atoms with Gasteiger partial charge < -0.3 is 20.7 Å². The number of nitrogens with one attached hydrogen (secondary N) is 1. The molecule has 1 heterocycles. The van der Waals surface area contributed by atoms with Crippen molar-refractivity contribution >= 4 is 17.6 Å². The van der Waals surface area contributed by atoms with Crippen LogP contribution in [-0.4, -0.2) is 42.8 Å². The minimum absolute atomic E-state index is 0.00450. The number of alkyl halides is 3. The molecule has 3 N–H and O–H groups in total. The molecule has 0 aliphatic carbocycles. The van der Waals surface area contributed by atoms with E-state index in [0.29, 0.717) is 0 Å². The molecule has 1 aliphatic heterocycles. The van der Waals surface area contributed by atoms with Crippen LogP contribution in [0.25, 0.3) is 0 Å². The van der Waals surface area contributed by atoms with Crippen molar-refractivity contribution in [3.05, 3.63) is 24.3 Å². The van der Waals surface area contributed by atoms with Crippen molar-refractivity contribution in [2.45, 2.75) is 25.6 Å². The number of benzene rings is 1. The first-order valence-corrected chi connectivity index (χ1v) is 7.54. The number of carbonyl (C=O) groups excluding carboxylic acids is 1. The van der Waals surface area contributed by atoms with Crippen molar-refractivity contribution in [1.82, 2.24) is 4.90 Å². The van der Waals surface area contributed by atoms with Crippen LogP contribution in [0.3, 0.4) is 0 Å². The van der Waals surface area contributed by atoms with Crippen LogP contribution in [0, 0.1) is 0 Å². The Morgan fingerprint density at radius 2 is 1.96 bits per heavy atom. The summed E-state index contributed by atoms with van der Waals surface area (Å²) in [5.41, 5.74) is 5.70. The zero-order valence-corrected chi connectivity index (χ0v) is 13.0. The fraction of sp³-hybridized carbons (Fsp3) is 0.467. The first-order chi connectivity index (χ1) is 11.3. The van der Waals surface area contributed by atoms with Crippen molar-refractivity contribution < 1.29 is 22.7 Å². The topological polar surface area (TPSA) is 80.0 Å². The lowest BCUT2D eigenvalue weighted by Crippen LogP contribution is -2.29. The van der Waals surface area contributed by atoms with Crippen LogP contribution < -0.4 is 15.8 Å². The van der Waals surface area contributed by atoms with Gasteiger partial charge in [-0.05, 0) is 25.0 Å². The van der Waals surface area contributed by atoms with Gasteiger partial charge in [0.1, 0.15) is 0 Å². The number of guanidine groups is 1. The maximum absolute atomic E-state index is 12.3. The van der Waals surface area contributed by atoms with Gasteiger partial charge in [-0.1, -0.05) is 12.1 Å². The molecule has 1 aromatic rings. The number of amides is 1. The summed E-state index contributed by atoms with van der Waals surface area (Å²) in [6, 6.07) is 5.50. The molecule has 1 aromatic carbocycles. The highest BCUT2D eigenvalue weighted by Gasteiger charge is 2.32. The van der Waals surface area contributed by atoms with Crippen molar-refractivity contribution in [3.8, 4) is 5.75 Å². The second-order valence-corrected chi connectivity index (χ2v) is 5.27. The number of nitrogens with two attached hydrogens (primary N) is 1. The normalized spacial score (nSPS) is 15.5. The number of likely N-dealkylation sites (tertiary alicyclic amines) is 1. The Balaban J connectivity index is 1.89. The average molecular weight is 344 g/mol. The lowest BCUT2D eigenvalue weighted by molar-refractivity contribution is -0.274. The number of aliphatic imine (C=N–C) groups is 1. The van der Waals surface area contributed by atoms with E-state index in [-0.39, 0.29) is 30.5 Å². The van der Waals surface area contributed by atoms with Crippen molar-refractivity contribution in [2.75, 3.05) is 25.0 Å². The molecule has 132 valence electrons. The molecule has 6 nitrogen and oxygen atoms in total. The largest absolute Gasteiger partial charge is 0.573 e. The minimum Gasteiger partial charge on any atom is -0.404 e. The van der Waals surface area contributed by atoms with Crippen LogP contribution >= 0.6 is 0 Å². The first-order valence-electron chi connectivity index (χ1n) is 7.54. The third-order valence-electron chi connectivity index (χ3n) is 3.44. The van der Waals surface area contributed by atoms with Gasteiger partial charge in [0.2, 0.25) is 5.91 Å². The Morgan fingerprint density at radius 3 is 2.62 bits per heavy atom. The highest BCUT2D eigenvalue weighted by molar-refractivity contribution is 5.93. The van der Waals surface area contributed by atoms with Crippen LogP contribution in [0.1, 0.15) is 19.3 Å². The monoisotopic (exact) mass is 344 g/mol. The third-order valence-corrected chi connectivity index (χ3v) is 3.44. The average Bonchev–Trinajstić information content (AvgIpc) is 3.02. The number of halogens is 3. The predicted octanol–water partition coefficient (Wildman–Crippen LogP) is 2.32. The maximum atomic E-state index is 12.3. The summed E-state index contributed by atoms with van der Waals surface area (Å²) in [6.07, 6.45) is -2.57. The van der Waals surface area contributed by atoms with Crippen molar-refractivity contribution in [2.24, 2.45) is 10.7 Å². The van der Waals surface area contributed by atoms with Crippen LogP contribution in [0.15, 0.2) is 29.3 Å². The van der Waals surface area contributed by atoms with E-state index in [2.05, 4.69) is 15.0 Å². The van der Waals surface area contributed by atoms with Gasteiger partial charge in [0, 0.05) is 19.5 Å². The predicted molar refractivity (Wildman–Crippen MR) is 83.7 cm³/mol. The first kappa shape index (κ1) is 17.9. The van der Waals surface area contributed by atoms with E-state index in [4.69, 9.17) is 5.73 Å². The summed E-state index contributed by atoms with van der Waals surface area (Å²) >= 11 is 0. The quantitative estimate of drug-likeness (QED) is 0.635. The summed E-state index contributed by atoms with van der Waals surface area (Å²) in [4.78, 5) is 17.6. The van der Waals surface area contributed by atoms with Gasteiger partial charge in [-0.15, -0.1) is 13.2 Å². The van der Waals surface area contributed by atoms with Crippen LogP contribution in [0.4, 0.5) is 18.9 Å². The van der Waals surface area contributed by atoms with Gasteiger partial charge in [-0.2, -0.15) is 0 Å². The van der Waals surface area contributed by atoms with Gasteiger partial charge in [0.25, 0.3) is 0 Å². The summed E-state index contributed by atoms with van der Waals surface area (Å²) < 4.78 is 40.9. The molecule has 0 atom stereocenters. The van der Waals surface area contributed by atoms with Crippen LogP contribution in [0.5, 0.6) is 5.75 Å². The van der Waals surface area contributed by atoms with E-state index in [0.717, 1.165) is 25.9 Å². The smallest absolute Gasteiger partial charge is 0.404 e. The van der Waals surface area contributed by atoms with Gasteiger partial charge >= 0.3 is 6.36 Å². The number of rotatable bonds is 5. The highest BCUT2D eigenvalue weighted by atomic mass is 19.4. The highest BCUT2D eigenvalue weighted by Crippen LogP contribution is 2.29. The van der Waals surface area contributed by atoms with Gasteiger partial charge in [-0.3, -0.25) is 9.79 Å². The van der Waals surface area contributed by atoms with E-state index >= 15 is 0 Å². The molecule has 1 saturated heterocycles. The number of nitrogens with zero attached hydrogens (tertiary/aromatic N) is 2. The molecule has 0 saturated carbocycles. The molecule has 0 unspecified atom stereocenters. The molecule has 0 radical (unpaired) electrons. The fourth-order valence-electron chi connectivity index (χ4n) is 2.36. The molecule has 2 rings (SSSR count). The maximum Gasteiger partial charge on any atom is 0.573 e. The molecule has 0 aromatic heterocycles. The lowest BCUT2D eigenvalue weighted by Gasteiger charge is -2.15. The lowest BCUT2D eigenvalue weighted by atomic mass is 10.3. The molecule has 9 heteroatoms. The molecule has 1 amide bonds.